The van der Waals surface area contributed by atoms with Gasteiger partial charge in [-0.3, -0.25) is 4.79 Å². The van der Waals surface area contributed by atoms with E-state index in [-0.39, 0.29) is 38.1 Å². The van der Waals surface area contributed by atoms with Crippen LogP contribution < -0.4 is 25.3 Å². The van der Waals surface area contributed by atoms with E-state index < -0.39 is 0 Å². The van der Waals surface area contributed by atoms with Crippen molar-refractivity contribution in [3.8, 4) is 17.2 Å². The van der Waals surface area contributed by atoms with Gasteiger partial charge in [-0.25, -0.2) is 0 Å². The van der Waals surface area contributed by atoms with Crippen molar-refractivity contribution in [2.45, 2.75) is 26.2 Å². The van der Waals surface area contributed by atoms with Gasteiger partial charge in [-0.1, -0.05) is 26.0 Å². The second-order valence-electron chi connectivity index (χ2n) is 6.16. The third-order valence-electron chi connectivity index (χ3n) is 3.96. The van der Waals surface area contributed by atoms with Crippen molar-refractivity contribution in [3.05, 3.63) is 42.0 Å². The van der Waals surface area contributed by atoms with Crippen LogP contribution in [0, 0.1) is 0 Å². The van der Waals surface area contributed by atoms with Crippen LogP contribution >= 0.6 is 12.4 Å². The number of anilines is 2. The lowest BCUT2D eigenvalue weighted by Gasteiger charge is -2.11. The lowest BCUT2D eigenvalue weighted by Crippen LogP contribution is -2.16. The summed E-state index contributed by atoms with van der Waals surface area (Å²) in [5.41, 5.74) is 8.11. The normalized spacial score (nSPS) is 11.8. The summed E-state index contributed by atoms with van der Waals surface area (Å²) in [4.78, 5) is 12.1. The van der Waals surface area contributed by atoms with E-state index in [9.17, 15) is 4.79 Å². The third kappa shape index (κ3) is 4.73. The summed E-state index contributed by atoms with van der Waals surface area (Å²) in [7, 11) is 0. The number of rotatable bonds is 6. The average molecular weight is 379 g/mol. The Hall–Kier alpha value is -2.60. The second kappa shape index (κ2) is 8.67. The highest BCUT2D eigenvalue weighted by atomic mass is 35.5. The van der Waals surface area contributed by atoms with Crippen molar-refractivity contribution in [2.24, 2.45) is 0 Å². The summed E-state index contributed by atoms with van der Waals surface area (Å²) < 4.78 is 16.1. The number of amides is 1. The minimum Gasteiger partial charge on any atom is -0.493 e. The lowest BCUT2D eigenvalue weighted by molar-refractivity contribution is -0.116. The lowest BCUT2D eigenvalue weighted by atomic mass is 10.0. The molecule has 140 valence electrons. The van der Waals surface area contributed by atoms with Crippen molar-refractivity contribution in [1.82, 2.24) is 0 Å². The SMILES string of the molecule is CC(C)c1ccc(OCCC(=O)Nc2cc3c(cc2N)OCO3)cc1.Cl. The highest BCUT2D eigenvalue weighted by Gasteiger charge is 2.17. The van der Waals surface area contributed by atoms with Crippen molar-refractivity contribution >= 4 is 29.7 Å². The van der Waals surface area contributed by atoms with Crippen LogP contribution in [-0.4, -0.2) is 19.3 Å². The number of fused-ring (bicyclic) bond motifs is 1. The number of benzene rings is 2. The topological polar surface area (TPSA) is 82.8 Å². The van der Waals surface area contributed by atoms with E-state index in [1.807, 2.05) is 24.3 Å². The molecule has 7 heteroatoms. The number of hydrogen-bond acceptors (Lipinski definition) is 5. The number of nitrogen functional groups attached to an aromatic ring is 1. The van der Waals surface area contributed by atoms with E-state index in [1.165, 1.54) is 5.56 Å². The van der Waals surface area contributed by atoms with E-state index in [2.05, 4.69) is 19.2 Å². The number of nitrogens with one attached hydrogen (secondary N) is 1. The minimum absolute atomic E-state index is 0. The van der Waals surface area contributed by atoms with Crippen LogP contribution in [0.1, 0.15) is 31.7 Å². The van der Waals surface area contributed by atoms with E-state index >= 15 is 0 Å². The Morgan fingerprint density at radius 3 is 2.50 bits per heavy atom. The fourth-order valence-corrected chi connectivity index (χ4v) is 2.49. The van der Waals surface area contributed by atoms with Gasteiger partial charge in [-0.15, -0.1) is 12.4 Å². The summed E-state index contributed by atoms with van der Waals surface area (Å²) in [6.07, 6.45) is 0.222. The van der Waals surface area contributed by atoms with E-state index in [0.717, 1.165) is 5.75 Å². The smallest absolute Gasteiger partial charge is 0.231 e. The van der Waals surface area contributed by atoms with Gasteiger partial charge in [0.05, 0.1) is 24.4 Å². The molecular formula is C19H23ClN2O4. The maximum Gasteiger partial charge on any atom is 0.231 e. The molecule has 0 bridgehead atoms. The summed E-state index contributed by atoms with van der Waals surface area (Å²) >= 11 is 0. The first-order valence-electron chi connectivity index (χ1n) is 8.24. The molecule has 0 fully saturated rings. The molecule has 26 heavy (non-hydrogen) atoms. The predicted octanol–water partition coefficient (Wildman–Crippen LogP) is 3.95. The molecule has 0 atom stereocenters. The van der Waals surface area contributed by atoms with Crippen LogP contribution in [0.25, 0.3) is 0 Å². The van der Waals surface area contributed by atoms with Gasteiger partial charge < -0.3 is 25.3 Å². The maximum atomic E-state index is 12.1. The molecule has 1 aliphatic rings. The van der Waals surface area contributed by atoms with Gasteiger partial charge in [0.15, 0.2) is 11.5 Å². The second-order valence-corrected chi connectivity index (χ2v) is 6.16. The van der Waals surface area contributed by atoms with Crippen LogP contribution in [0.2, 0.25) is 0 Å². The molecule has 2 aromatic carbocycles. The number of carbonyl (C=O) groups is 1. The Balaban J connectivity index is 0.00000243. The van der Waals surface area contributed by atoms with Gasteiger partial charge in [0, 0.05) is 12.1 Å². The number of hydrogen-bond donors (Lipinski definition) is 2. The molecule has 0 unspecified atom stereocenters. The van der Waals surface area contributed by atoms with Gasteiger partial charge in [0.1, 0.15) is 5.75 Å². The Kier molecular flexibility index (Phi) is 6.58. The van der Waals surface area contributed by atoms with Crippen molar-refractivity contribution in [1.29, 1.82) is 0 Å². The molecule has 2 aromatic rings. The number of carbonyl (C=O) groups excluding carboxylic acids is 1. The van der Waals surface area contributed by atoms with E-state index in [1.54, 1.807) is 12.1 Å². The molecular weight excluding hydrogens is 356 g/mol. The zero-order chi connectivity index (χ0) is 17.8. The van der Waals surface area contributed by atoms with Crippen molar-refractivity contribution in [2.75, 3.05) is 24.5 Å². The first-order chi connectivity index (χ1) is 12.0. The fraction of sp³-hybridized carbons (Fsp3) is 0.316. The van der Waals surface area contributed by atoms with Crippen molar-refractivity contribution in [3.63, 3.8) is 0 Å². The highest BCUT2D eigenvalue weighted by molar-refractivity contribution is 5.94. The monoisotopic (exact) mass is 378 g/mol. The van der Waals surface area contributed by atoms with Gasteiger partial charge in [-0.2, -0.15) is 0 Å². The molecule has 0 aromatic heterocycles. The molecule has 0 radical (unpaired) electrons. The Morgan fingerprint density at radius 1 is 1.19 bits per heavy atom. The first kappa shape index (κ1) is 19.7. The third-order valence-corrected chi connectivity index (χ3v) is 3.96. The Morgan fingerprint density at radius 2 is 1.85 bits per heavy atom. The van der Waals surface area contributed by atoms with E-state index in [4.69, 9.17) is 19.9 Å². The van der Waals surface area contributed by atoms with Crippen LogP contribution in [0.5, 0.6) is 17.2 Å². The number of halogens is 1. The molecule has 0 aliphatic carbocycles. The predicted molar refractivity (Wildman–Crippen MR) is 103 cm³/mol. The average Bonchev–Trinajstić information content (AvgIpc) is 3.02. The fourth-order valence-electron chi connectivity index (χ4n) is 2.49. The van der Waals surface area contributed by atoms with Gasteiger partial charge >= 0.3 is 0 Å². The molecule has 0 saturated heterocycles. The molecule has 0 saturated carbocycles. The molecule has 1 amide bonds. The van der Waals surface area contributed by atoms with Crippen LogP contribution in [0.3, 0.4) is 0 Å². The van der Waals surface area contributed by atoms with Gasteiger partial charge in [0.25, 0.3) is 0 Å². The largest absolute Gasteiger partial charge is 0.493 e. The highest BCUT2D eigenvalue weighted by Crippen LogP contribution is 2.38. The summed E-state index contributed by atoms with van der Waals surface area (Å²) in [5.74, 6) is 2.21. The zero-order valence-corrected chi connectivity index (χ0v) is 15.6. The maximum absolute atomic E-state index is 12.1. The van der Waals surface area contributed by atoms with E-state index in [0.29, 0.717) is 28.8 Å². The molecule has 6 nitrogen and oxygen atoms in total. The molecule has 0 spiro atoms. The Bertz CT molecular complexity index is 763. The zero-order valence-electron chi connectivity index (χ0n) is 14.8. The van der Waals surface area contributed by atoms with Gasteiger partial charge in [0.2, 0.25) is 12.7 Å². The van der Waals surface area contributed by atoms with Gasteiger partial charge in [-0.05, 0) is 23.6 Å². The minimum atomic E-state index is -0.177. The standard InChI is InChI=1S/C19H22N2O4.ClH/c1-12(2)13-3-5-14(6-4-13)23-8-7-19(22)21-16-10-18-17(9-15(16)20)24-11-25-18;/h3-6,9-10,12H,7-8,11,20H2,1-2H3,(H,21,22);1H. The van der Waals surface area contributed by atoms with Crippen molar-refractivity contribution < 1.29 is 19.0 Å². The number of nitrogens with two attached hydrogens (primary N) is 1. The van der Waals surface area contributed by atoms with Crippen LogP contribution in [-0.2, 0) is 4.79 Å². The Labute approximate surface area is 159 Å². The molecule has 1 aliphatic heterocycles. The molecule has 3 rings (SSSR count). The summed E-state index contributed by atoms with van der Waals surface area (Å²) in [6, 6.07) is 11.2. The first-order valence-corrected chi connectivity index (χ1v) is 8.24. The summed E-state index contributed by atoms with van der Waals surface area (Å²) in [6.45, 7) is 4.73. The quantitative estimate of drug-likeness (QED) is 0.743. The van der Waals surface area contributed by atoms with Crippen LogP contribution in [0.4, 0.5) is 11.4 Å². The molecule has 1 heterocycles. The molecule has 3 N–H and O–H groups in total. The summed E-state index contributed by atoms with van der Waals surface area (Å²) in [5, 5.41) is 2.77. The van der Waals surface area contributed by atoms with Crippen LogP contribution in [0.15, 0.2) is 36.4 Å². The number of ether oxygens (including phenoxy) is 3.